The number of nitriles is 1. The molecule has 1 aromatic carbocycles. The minimum Gasteiger partial charge on any atom is -0.272 e. The first kappa shape index (κ1) is 9.97. The van der Waals surface area contributed by atoms with Crippen LogP contribution in [0.3, 0.4) is 0 Å². The van der Waals surface area contributed by atoms with Crippen molar-refractivity contribution in [2.75, 3.05) is 5.43 Å². The van der Waals surface area contributed by atoms with Crippen LogP contribution < -0.4 is 5.43 Å². The van der Waals surface area contributed by atoms with Gasteiger partial charge in [-0.15, -0.1) is 9.89 Å². The van der Waals surface area contributed by atoms with Gasteiger partial charge in [0.25, 0.3) is 0 Å². The van der Waals surface area contributed by atoms with Crippen LogP contribution in [-0.2, 0) is 0 Å². The van der Waals surface area contributed by atoms with E-state index in [4.69, 9.17) is 5.26 Å². The number of rotatable bonds is 2. The monoisotopic (exact) mass is 222 g/mol. The summed E-state index contributed by atoms with van der Waals surface area (Å²) in [6.45, 7) is 0. The van der Waals surface area contributed by atoms with Gasteiger partial charge in [0.15, 0.2) is 6.33 Å². The van der Waals surface area contributed by atoms with E-state index in [0.717, 1.165) is 16.9 Å². The molecule has 2 rings (SSSR count). The predicted octanol–water partition coefficient (Wildman–Crippen LogP) is 0.698. The molecule has 0 radical (unpaired) electrons. The molecular formula is C8H4F2N6. The first-order valence-corrected chi connectivity index (χ1v) is 4.10. The zero-order valence-corrected chi connectivity index (χ0v) is 7.72. The van der Waals surface area contributed by atoms with Crippen LogP contribution >= 0.6 is 0 Å². The highest BCUT2D eigenvalue weighted by Gasteiger charge is 2.09. The Morgan fingerprint density at radius 2 is 2.12 bits per heavy atom. The summed E-state index contributed by atoms with van der Waals surface area (Å²) >= 11 is 0. The molecule has 1 aromatic heterocycles. The number of nitrogens with one attached hydrogen (secondary N) is 1. The number of tetrazole rings is 1. The summed E-state index contributed by atoms with van der Waals surface area (Å²) in [7, 11) is 0. The molecule has 80 valence electrons. The van der Waals surface area contributed by atoms with Crippen molar-refractivity contribution in [3.63, 3.8) is 0 Å². The van der Waals surface area contributed by atoms with E-state index in [1.165, 1.54) is 12.4 Å². The topological polar surface area (TPSA) is 79.4 Å². The molecular weight excluding hydrogens is 218 g/mol. The molecule has 6 nitrogen and oxygen atoms in total. The summed E-state index contributed by atoms with van der Waals surface area (Å²) in [4.78, 5) is 1.00. The number of halogens is 2. The Labute approximate surface area is 88.1 Å². The number of hydrogen-bond donors (Lipinski definition) is 1. The second-order valence-corrected chi connectivity index (χ2v) is 2.79. The summed E-state index contributed by atoms with van der Waals surface area (Å²) in [6.07, 6.45) is 1.18. The van der Waals surface area contributed by atoms with E-state index < -0.39 is 11.6 Å². The van der Waals surface area contributed by atoms with E-state index in [-0.39, 0.29) is 11.3 Å². The molecule has 0 atom stereocenters. The molecule has 2 aromatic rings. The quantitative estimate of drug-likeness (QED) is 0.808. The predicted molar refractivity (Wildman–Crippen MR) is 47.9 cm³/mol. The van der Waals surface area contributed by atoms with Gasteiger partial charge in [0.2, 0.25) is 0 Å². The van der Waals surface area contributed by atoms with Gasteiger partial charge in [-0.25, -0.2) is 8.78 Å². The summed E-state index contributed by atoms with van der Waals surface area (Å²) in [5.41, 5.74) is 1.88. The van der Waals surface area contributed by atoms with Crippen LogP contribution in [0.1, 0.15) is 5.56 Å². The molecule has 0 bridgehead atoms. The lowest BCUT2D eigenvalue weighted by atomic mass is 10.2. The Kier molecular flexibility index (Phi) is 2.43. The third-order valence-electron chi connectivity index (χ3n) is 1.76. The minimum atomic E-state index is -0.820. The Morgan fingerprint density at radius 1 is 1.31 bits per heavy atom. The van der Waals surface area contributed by atoms with E-state index in [1.54, 1.807) is 0 Å². The van der Waals surface area contributed by atoms with E-state index >= 15 is 0 Å². The Balaban J connectivity index is 2.36. The van der Waals surface area contributed by atoms with Gasteiger partial charge in [0.1, 0.15) is 17.7 Å². The van der Waals surface area contributed by atoms with Crippen LogP contribution in [0.15, 0.2) is 18.5 Å². The Bertz CT molecular complexity index is 544. The van der Waals surface area contributed by atoms with Crippen LogP contribution in [-0.4, -0.2) is 20.3 Å². The van der Waals surface area contributed by atoms with Gasteiger partial charge in [-0.2, -0.15) is 5.26 Å². The highest BCUT2D eigenvalue weighted by atomic mass is 19.1. The van der Waals surface area contributed by atoms with Crippen LogP contribution in [0, 0.1) is 23.0 Å². The van der Waals surface area contributed by atoms with Crippen molar-refractivity contribution in [1.29, 1.82) is 5.26 Å². The molecule has 0 amide bonds. The van der Waals surface area contributed by atoms with Gasteiger partial charge in [0, 0.05) is 6.07 Å². The first-order valence-electron chi connectivity index (χ1n) is 4.10. The lowest BCUT2D eigenvalue weighted by Crippen LogP contribution is -2.11. The summed E-state index contributed by atoms with van der Waals surface area (Å²) in [6, 6.07) is 3.18. The minimum absolute atomic E-state index is 0.163. The summed E-state index contributed by atoms with van der Waals surface area (Å²) in [5.74, 6) is -1.59. The highest BCUT2D eigenvalue weighted by Crippen LogP contribution is 2.18. The molecule has 0 aliphatic carbocycles. The SMILES string of the molecule is N#Cc1cc(F)c(Nn2cnnn2)cc1F. The molecule has 0 aliphatic rings. The van der Waals surface area contributed by atoms with E-state index in [0.29, 0.717) is 0 Å². The molecule has 0 saturated heterocycles. The van der Waals surface area contributed by atoms with Crippen molar-refractivity contribution in [3.05, 3.63) is 35.7 Å². The molecule has 0 spiro atoms. The molecule has 8 heteroatoms. The van der Waals surface area contributed by atoms with Crippen molar-refractivity contribution in [3.8, 4) is 6.07 Å². The number of benzene rings is 1. The van der Waals surface area contributed by atoms with Gasteiger partial charge in [-0.1, -0.05) is 0 Å². The maximum absolute atomic E-state index is 13.3. The molecule has 0 aliphatic heterocycles. The van der Waals surface area contributed by atoms with E-state index in [9.17, 15) is 8.78 Å². The number of hydrogen-bond acceptors (Lipinski definition) is 5. The maximum Gasteiger partial charge on any atom is 0.161 e. The van der Waals surface area contributed by atoms with Gasteiger partial charge >= 0.3 is 0 Å². The molecule has 0 unspecified atom stereocenters. The van der Waals surface area contributed by atoms with Crippen molar-refractivity contribution in [1.82, 2.24) is 20.3 Å². The normalized spacial score (nSPS) is 9.81. The number of aromatic nitrogens is 4. The largest absolute Gasteiger partial charge is 0.272 e. The van der Waals surface area contributed by atoms with E-state index in [2.05, 4.69) is 21.0 Å². The summed E-state index contributed by atoms with van der Waals surface area (Å²) in [5, 5.41) is 18.5. The third-order valence-corrected chi connectivity index (χ3v) is 1.76. The van der Waals surface area contributed by atoms with Crippen LogP contribution in [0.2, 0.25) is 0 Å². The number of nitrogens with zero attached hydrogens (tertiary/aromatic N) is 5. The smallest absolute Gasteiger partial charge is 0.161 e. The fourth-order valence-corrected chi connectivity index (χ4v) is 1.05. The Hall–Kier alpha value is -2.56. The molecule has 16 heavy (non-hydrogen) atoms. The summed E-state index contributed by atoms with van der Waals surface area (Å²) < 4.78 is 26.5. The van der Waals surface area contributed by atoms with E-state index in [1.807, 2.05) is 0 Å². The van der Waals surface area contributed by atoms with Crippen molar-refractivity contribution in [2.24, 2.45) is 0 Å². The van der Waals surface area contributed by atoms with Crippen molar-refractivity contribution >= 4 is 5.69 Å². The second kappa shape index (κ2) is 3.90. The maximum atomic E-state index is 13.3. The fourth-order valence-electron chi connectivity index (χ4n) is 1.05. The van der Waals surface area contributed by atoms with Gasteiger partial charge in [0.05, 0.1) is 11.3 Å². The number of anilines is 1. The third kappa shape index (κ3) is 1.78. The molecule has 1 N–H and O–H groups in total. The van der Waals surface area contributed by atoms with Crippen LogP contribution in [0.5, 0.6) is 0 Å². The average Bonchev–Trinajstić information content (AvgIpc) is 2.75. The zero-order valence-electron chi connectivity index (χ0n) is 7.72. The van der Waals surface area contributed by atoms with Gasteiger partial charge in [-0.3, -0.25) is 5.43 Å². The highest BCUT2D eigenvalue weighted by molar-refractivity contribution is 5.49. The van der Waals surface area contributed by atoms with Crippen LogP contribution in [0.25, 0.3) is 0 Å². The first-order chi connectivity index (χ1) is 7.70. The second-order valence-electron chi connectivity index (χ2n) is 2.79. The van der Waals surface area contributed by atoms with Crippen LogP contribution in [0.4, 0.5) is 14.5 Å². The Morgan fingerprint density at radius 3 is 2.75 bits per heavy atom. The average molecular weight is 222 g/mol. The van der Waals surface area contributed by atoms with Gasteiger partial charge < -0.3 is 0 Å². The molecule has 0 fully saturated rings. The molecule has 0 saturated carbocycles. The standard InChI is InChI=1S/C8H4F2N6/c9-6-2-8(7(10)1-5(6)3-11)13-16-4-12-14-15-16/h1-2,4,13H. The van der Waals surface area contributed by atoms with Gasteiger partial charge in [-0.05, 0) is 16.5 Å². The lowest BCUT2D eigenvalue weighted by Gasteiger charge is -2.06. The molecule has 1 heterocycles. The fraction of sp³-hybridized carbons (Fsp3) is 0. The van der Waals surface area contributed by atoms with Crippen molar-refractivity contribution in [2.45, 2.75) is 0 Å². The zero-order chi connectivity index (χ0) is 11.5. The van der Waals surface area contributed by atoms with Crippen molar-refractivity contribution < 1.29 is 8.78 Å². The lowest BCUT2D eigenvalue weighted by molar-refractivity contribution is 0.594.